The van der Waals surface area contributed by atoms with Gasteiger partial charge in [-0.05, 0) is 46.6 Å². The zero-order chi connectivity index (χ0) is 12.0. The minimum atomic E-state index is 0.277. The molecule has 1 heterocycles. The summed E-state index contributed by atoms with van der Waals surface area (Å²) < 4.78 is 5.06. The zero-order valence-corrected chi connectivity index (χ0v) is 11.4. The fourth-order valence-corrected chi connectivity index (χ4v) is 2.31. The van der Waals surface area contributed by atoms with Gasteiger partial charge in [-0.15, -0.1) is 0 Å². The van der Waals surface area contributed by atoms with Crippen molar-refractivity contribution in [2.75, 3.05) is 33.4 Å². The maximum atomic E-state index is 5.06. The van der Waals surface area contributed by atoms with E-state index < -0.39 is 0 Å². The topological polar surface area (TPSA) is 24.5 Å². The maximum Gasteiger partial charge on any atom is 0.0462 e. The molecule has 0 saturated carbocycles. The molecule has 0 aromatic carbocycles. The molecule has 96 valence electrons. The lowest BCUT2D eigenvalue weighted by Gasteiger charge is -2.43. The number of methoxy groups -OCH3 is 1. The Hall–Kier alpha value is -0.120. The van der Waals surface area contributed by atoms with Crippen LogP contribution in [-0.4, -0.2) is 49.8 Å². The normalized spacial score (nSPS) is 25.9. The molecule has 0 spiro atoms. The first-order chi connectivity index (χ1) is 7.55. The van der Waals surface area contributed by atoms with Crippen LogP contribution in [0.25, 0.3) is 0 Å². The average Bonchev–Trinajstić information content (AvgIpc) is 2.23. The van der Waals surface area contributed by atoms with E-state index in [4.69, 9.17) is 4.74 Å². The van der Waals surface area contributed by atoms with Crippen molar-refractivity contribution in [2.45, 2.75) is 51.6 Å². The Morgan fingerprint density at radius 1 is 1.31 bits per heavy atom. The number of hydrogen-bond donors (Lipinski definition) is 1. The molecule has 3 nitrogen and oxygen atoms in total. The van der Waals surface area contributed by atoms with Gasteiger partial charge in [-0.1, -0.05) is 0 Å². The Morgan fingerprint density at radius 2 is 2.06 bits per heavy atom. The molecule has 0 amide bonds. The van der Waals surface area contributed by atoms with E-state index >= 15 is 0 Å². The Kier molecular flexibility index (Phi) is 5.73. The van der Waals surface area contributed by atoms with Gasteiger partial charge in [-0.2, -0.15) is 0 Å². The summed E-state index contributed by atoms with van der Waals surface area (Å²) in [7, 11) is 1.78. The van der Waals surface area contributed by atoms with Crippen molar-refractivity contribution in [3.05, 3.63) is 0 Å². The van der Waals surface area contributed by atoms with Crippen molar-refractivity contribution in [1.82, 2.24) is 10.2 Å². The highest BCUT2D eigenvalue weighted by atomic mass is 16.5. The van der Waals surface area contributed by atoms with Gasteiger partial charge in [0.05, 0.1) is 0 Å². The van der Waals surface area contributed by atoms with E-state index in [1.165, 1.54) is 32.4 Å². The van der Waals surface area contributed by atoms with Crippen LogP contribution in [0.3, 0.4) is 0 Å². The van der Waals surface area contributed by atoms with Crippen LogP contribution in [0, 0.1) is 0 Å². The second kappa shape index (κ2) is 6.58. The first-order valence-electron chi connectivity index (χ1n) is 6.53. The van der Waals surface area contributed by atoms with Crippen LogP contribution >= 0.6 is 0 Å². The van der Waals surface area contributed by atoms with Gasteiger partial charge >= 0.3 is 0 Å². The Morgan fingerprint density at radius 3 is 2.75 bits per heavy atom. The molecule has 0 radical (unpaired) electrons. The van der Waals surface area contributed by atoms with Crippen LogP contribution in [0.15, 0.2) is 0 Å². The van der Waals surface area contributed by atoms with E-state index in [0.717, 1.165) is 13.2 Å². The quantitative estimate of drug-likeness (QED) is 0.703. The highest BCUT2D eigenvalue weighted by Crippen LogP contribution is 2.15. The summed E-state index contributed by atoms with van der Waals surface area (Å²) in [5.41, 5.74) is 0.277. The van der Waals surface area contributed by atoms with Crippen molar-refractivity contribution in [2.24, 2.45) is 0 Å². The lowest BCUT2D eigenvalue weighted by atomic mass is 9.99. The van der Waals surface area contributed by atoms with Gasteiger partial charge in [0.25, 0.3) is 0 Å². The molecule has 1 aliphatic heterocycles. The number of nitrogens with one attached hydrogen (secondary N) is 1. The third-order valence-electron chi connectivity index (χ3n) is 3.39. The van der Waals surface area contributed by atoms with Crippen molar-refractivity contribution in [1.29, 1.82) is 0 Å². The van der Waals surface area contributed by atoms with Crippen LogP contribution in [-0.2, 0) is 4.74 Å². The van der Waals surface area contributed by atoms with Gasteiger partial charge < -0.3 is 10.1 Å². The lowest BCUT2D eigenvalue weighted by molar-refractivity contribution is 0.101. The molecule has 1 rings (SSSR count). The first-order valence-corrected chi connectivity index (χ1v) is 6.53. The predicted molar refractivity (Wildman–Crippen MR) is 68.8 cm³/mol. The Labute approximate surface area is 101 Å². The molecule has 1 aliphatic rings. The highest BCUT2D eigenvalue weighted by molar-refractivity contribution is 4.90. The molecular formula is C13H28N2O. The van der Waals surface area contributed by atoms with Gasteiger partial charge in [0.1, 0.15) is 0 Å². The fraction of sp³-hybridized carbons (Fsp3) is 1.00. The number of unbranched alkanes of at least 4 members (excludes halogenated alkanes) is 2. The summed E-state index contributed by atoms with van der Waals surface area (Å²) in [4.78, 5) is 2.61. The molecule has 0 aromatic rings. The Balaban J connectivity index is 2.18. The van der Waals surface area contributed by atoms with Crippen molar-refractivity contribution in [3.63, 3.8) is 0 Å². The van der Waals surface area contributed by atoms with E-state index in [1.54, 1.807) is 7.11 Å². The molecule has 1 saturated heterocycles. The van der Waals surface area contributed by atoms with Gasteiger partial charge in [0.2, 0.25) is 0 Å². The van der Waals surface area contributed by atoms with Gasteiger partial charge in [0, 0.05) is 38.4 Å². The smallest absolute Gasteiger partial charge is 0.0462 e. The lowest BCUT2D eigenvalue weighted by Crippen LogP contribution is -2.60. The predicted octanol–water partition coefficient (Wildman–Crippen LogP) is 1.88. The van der Waals surface area contributed by atoms with Crippen molar-refractivity contribution in [3.8, 4) is 0 Å². The number of hydrogen-bond acceptors (Lipinski definition) is 3. The summed E-state index contributed by atoms with van der Waals surface area (Å²) in [6.07, 6.45) is 3.77. The SMILES string of the molecule is COCCCCCN1CC(C)(C)NCC1C. The van der Waals surface area contributed by atoms with Gasteiger partial charge in [0.15, 0.2) is 0 Å². The van der Waals surface area contributed by atoms with Gasteiger partial charge in [-0.3, -0.25) is 4.90 Å². The second-order valence-corrected chi connectivity index (χ2v) is 5.64. The van der Waals surface area contributed by atoms with Crippen LogP contribution in [0.1, 0.15) is 40.0 Å². The number of ether oxygens (including phenoxy) is 1. The first kappa shape index (κ1) is 13.9. The molecule has 0 aliphatic carbocycles. The molecule has 1 unspecified atom stereocenters. The van der Waals surface area contributed by atoms with E-state index in [9.17, 15) is 0 Å². The molecule has 1 N–H and O–H groups in total. The molecule has 1 fully saturated rings. The third kappa shape index (κ3) is 4.81. The minimum Gasteiger partial charge on any atom is -0.385 e. The van der Waals surface area contributed by atoms with E-state index in [-0.39, 0.29) is 5.54 Å². The number of nitrogens with zero attached hydrogens (tertiary/aromatic N) is 1. The average molecular weight is 228 g/mol. The summed E-state index contributed by atoms with van der Waals surface area (Å²) in [5, 5.41) is 3.59. The summed E-state index contributed by atoms with van der Waals surface area (Å²) in [5.74, 6) is 0. The summed E-state index contributed by atoms with van der Waals surface area (Å²) in [6.45, 7) is 11.3. The summed E-state index contributed by atoms with van der Waals surface area (Å²) >= 11 is 0. The number of rotatable bonds is 6. The fourth-order valence-electron chi connectivity index (χ4n) is 2.31. The van der Waals surface area contributed by atoms with E-state index in [2.05, 4.69) is 31.0 Å². The summed E-state index contributed by atoms with van der Waals surface area (Å²) in [6, 6.07) is 0.676. The number of piperazine rings is 1. The van der Waals surface area contributed by atoms with E-state index in [0.29, 0.717) is 6.04 Å². The van der Waals surface area contributed by atoms with Gasteiger partial charge in [-0.25, -0.2) is 0 Å². The molecule has 0 aromatic heterocycles. The molecule has 16 heavy (non-hydrogen) atoms. The van der Waals surface area contributed by atoms with Crippen LogP contribution in [0.2, 0.25) is 0 Å². The van der Waals surface area contributed by atoms with E-state index in [1.807, 2.05) is 0 Å². The van der Waals surface area contributed by atoms with Crippen LogP contribution in [0.4, 0.5) is 0 Å². The minimum absolute atomic E-state index is 0.277. The van der Waals surface area contributed by atoms with Crippen molar-refractivity contribution >= 4 is 0 Å². The largest absolute Gasteiger partial charge is 0.385 e. The monoisotopic (exact) mass is 228 g/mol. The van der Waals surface area contributed by atoms with Crippen LogP contribution < -0.4 is 5.32 Å². The Bertz CT molecular complexity index is 194. The third-order valence-corrected chi connectivity index (χ3v) is 3.39. The second-order valence-electron chi connectivity index (χ2n) is 5.64. The molecule has 1 atom stereocenters. The van der Waals surface area contributed by atoms with Crippen LogP contribution in [0.5, 0.6) is 0 Å². The van der Waals surface area contributed by atoms with Crippen molar-refractivity contribution < 1.29 is 4.74 Å². The zero-order valence-electron chi connectivity index (χ0n) is 11.4. The molecule has 3 heteroatoms. The standard InChI is InChI=1S/C13H28N2O/c1-12-10-14-13(2,3)11-15(12)8-6-5-7-9-16-4/h12,14H,5-11H2,1-4H3. The highest BCUT2D eigenvalue weighted by Gasteiger charge is 2.29. The molecular weight excluding hydrogens is 200 g/mol. The maximum absolute atomic E-state index is 5.06. The molecule has 0 bridgehead atoms.